The van der Waals surface area contributed by atoms with E-state index >= 15 is 0 Å². The zero-order chi connectivity index (χ0) is 50.3. The van der Waals surface area contributed by atoms with E-state index in [9.17, 15) is 0 Å². The van der Waals surface area contributed by atoms with E-state index in [0.29, 0.717) is 0 Å². The van der Waals surface area contributed by atoms with Gasteiger partial charge in [0.15, 0.2) is 0 Å². The third-order valence-corrected chi connectivity index (χ3v) is 16.8. The largest absolute Gasteiger partial charge is 0.342 e. The first kappa shape index (κ1) is 46.1. The number of anilines is 9. The molecule has 0 saturated carbocycles. The fraction of sp³-hybridized carbons (Fsp3) is 0.242. The number of thiophene rings is 1. The minimum Gasteiger partial charge on any atom is -0.342 e. The van der Waals surface area contributed by atoms with Gasteiger partial charge in [-0.15, -0.1) is 11.3 Å². The van der Waals surface area contributed by atoms with Crippen LogP contribution in [0.2, 0.25) is 0 Å². The second-order valence-corrected chi connectivity index (χ2v) is 24.9. The lowest BCUT2D eigenvalue weighted by atomic mass is 9.36. The van der Waals surface area contributed by atoms with Crippen molar-refractivity contribution in [2.24, 2.45) is 7.05 Å². The van der Waals surface area contributed by atoms with Crippen LogP contribution >= 0.6 is 11.3 Å². The van der Waals surface area contributed by atoms with Gasteiger partial charge < -0.3 is 19.3 Å². The fourth-order valence-electron chi connectivity index (χ4n) is 11.7. The number of fused-ring (bicyclic) bond motifs is 10. The summed E-state index contributed by atoms with van der Waals surface area (Å²) in [6.45, 7) is 27.4. The number of rotatable bonds is 5. The molecule has 0 spiro atoms. The zero-order valence-electron chi connectivity index (χ0n) is 44.3. The Hall–Kier alpha value is -7.02. The van der Waals surface area contributed by atoms with Gasteiger partial charge in [-0.3, -0.25) is 0 Å². The van der Waals surface area contributed by atoms with Crippen LogP contribution in [0.1, 0.15) is 95.7 Å². The number of benzene rings is 8. The molecule has 0 bridgehead atoms. The van der Waals surface area contributed by atoms with Gasteiger partial charge in [0.25, 0.3) is 6.71 Å². The van der Waals surface area contributed by atoms with E-state index in [0.717, 1.165) is 22.7 Å². The van der Waals surface area contributed by atoms with Gasteiger partial charge in [-0.25, -0.2) is 0 Å². The van der Waals surface area contributed by atoms with Gasteiger partial charge in [0.05, 0.1) is 22.6 Å². The lowest BCUT2D eigenvalue weighted by Crippen LogP contribution is -2.60. The summed E-state index contributed by atoms with van der Waals surface area (Å²) >= 11 is 1.98. The molecule has 72 heavy (non-hydrogen) atoms. The molecule has 358 valence electrons. The molecule has 12 rings (SSSR count). The molecule has 0 fully saturated rings. The van der Waals surface area contributed by atoms with Crippen molar-refractivity contribution >= 4 is 117 Å². The van der Waals surface area contributed by atoms with Gasteiger partial charge in [-0.1, -0.05) is 146 Å². The van der Waals surface area contributed by atoms with Crippen LogP contribution in [-0.4, -0.2) is 11.3 Å². The summed E-state index contributed by atoms with van der Waals surface area (Å²) in [5.41, 5.74) is 23.5. The number of para-hydroxylation sites is 1. The Balaban J connectivity index is 1.27. The molecule has 2 aromatic heterocycles. The third-order valence-electron chi connectivity index (χ3n) is 15.6. The summed E-state index contributed by atoms with van der Waals surface area (Å²) in [6.07, 6.45) is 0. The van der Waals surface area contributed by atoms with Crippen LogP contribution in [0.15, 0.2) is 158 Å². The van der Waals surface area contributed by atoms with E-state index in [4.69, 9.17) is 0 Å². The zero-order valence-corrected chi connectivity index (χ0v) is 45.1. The first-order valence-corrected chi connectivity index (χ1v) is 26.6. The molecular formula is C66H65BN4S. The molecule has 0 aliphatic carbocycles. The average Bonchev–Trinajstić information content (AvgIpc) is 3.87. The van der Waals surface area contributed by atoms with Gasteiger partial charge in [0.1, 0.15) is 0 Å². The Morgan fingerprint density at radius 3 is 1.51 bits per heavy atom. The molecule has 0 unspecified atom stereocenters. The maximum atomic E-state index is 2.64. The minimum absolute atomic E-state index is 0.00657. The number of hydrogen-bond donors (Lipinski definition) is 0. The van der Waals surface area contributed by atoms with Crippen LogP contribution in [0.4, 0.5) is 51.2 Å². The predicted molar refractivity (Wildman–Crippen MR) is 315 cm³/mol. The molecule has 2 aliphatic rings. The molecule has 0 atom stereocenters. The molecule has 8 aromatic carbocycles. The van der Waals surface area contributed by atoms with Crippen molar-refractivity contribution in [1.82, 2.24) is 4.57 Å². The molecule has 0 radical (unpaired) electrons. The Bertz CT molecular complexity index is 3740. The number of aryl methyl sites for hydroxylation is 4. The molecule has 10 aromatic rings. The SMILES string of the molecule is Cc1ccc(N(c2ccc(C)cc2)c2cc3c(c4c5ccccc5n(C)c24)N(c2ccc(C(C)(C)C)cc2)c2cc(C)cc4c2B3c2sc3ccc(C(C)(C)C)cc3c2N4c2ccc(C(C)(C)C)cc2)cc1. The summed E-state index contributed by atoms with van der Waals surface area (Å²) in [7, 11) is 2.27. The Morgan fingerprint density at radius 1 is 0.486 bits per heavy atom. The normalized spacial score (nSPS) is 13.5. The highest BCUT2D eigenvalue weighted by Gasteiger charge is 2.47. The molecule has 6 heteroatoms. The summed E-state index contributed by atoms with van der Waals surface area (Å²) in [5.74, 6) is 0. The van der Waals surface area contributed by atoms with E-state index in [2.05, 4.69) is 267 Å². The van der Waals surface area contributed by atoms with Crippen molar-refractivity contribution in [1.29, 1.82) is 0 Å². The van der Waals surface area contributed by atoms with Crippen molar-refractivity contribution in [3.63, 3.8) is 0 Å². The lowest BCUT2D eigenvalue weighted by Gasteiger charge is -2.44. The van der Waals surface area contributed by atoms with E-state index in [1.807, 2.05) is 11.3 Å². The maximum absolute atomic E-state index is 2.64. The summed E-state index contributed by atoms with van der Waals surface area (Å²) < 4.78 is 5.14. The van der Waals surface area contributed by atoms with Crippen molar-refractivity contribution in [2.75, 3.05) is 14.7 Å². The van der Waals surface area contributed by atoms with Gasteiger partial charge in [0.2, 0.25) is 0 Å². The van der Waals surface area contributed by atoms with Crippen LogP contribution in [0.25, 0.3) is 31.9 Å². The molecule has 4 nitrogen and oxygen atoms in total. The van der Waals surface area contributed by atoms with E-state index < -0.39 is 0 Å². The Morgan fingerprint density at radius 2 is 0.986 bits per heavy atom. The second kappa shape index (κ2) is 16.2. The Kier molecular flexibility index (Phi) is 10.4. The first-order valence-electron chi connectivity index (χ1n) is 25.8. The third kappa shape index (κ3) is 7.23. The summed E-state index contributed by atoms with van der Waals surface area (Å²) in [5, 5.41) is 3.82. The van der Waals surface area contributed by atoms with Gasteiger partial charge in [-0.2, -0.15) is 0 Å². The number of aromatic nitrogens is 1. The average molecular weight is 957 g/mol. The standard InChI is InChI=1S/C66H65BN4S/c1-40-18-27-46(28-19-40)69(47-29-20-41(2)21-30-47)56-39-52-61(58-50-16-14-15-17-53(50)68(13)62(56)58)71(49-33-24-44(25-34-49)65(7,8)9)55-37-42(3)36-54-59(55)67(52)63-60(51-38-45(66(10,11)12)26-35-57(51)72-63)70(54)48-31-22-43(23-32-48)64(4,5)6/h14-39H,1-13H3. The smallest absolute Gasteiger partial charge is 0.264 e. The van der Waals surface area contributed by atoms with Crippen molar-refractivity contribution in [3.8, 4) is 0 Å². The highest BCUT2D eigenvalue weighted by Crippen LogP contribution is 2.53. The predicted octanol–water partition coefficient (Wildman–Crippen LogP) is 16.9. The van der Waals surface area contributed by atoms with Crippen molar-refractivity contribution < 1.29 is 0 Å². The summed E-state index contributed by atoms with van der Waals surface area (Å²) in [6, 6.07) is 61.0. The van der Waals surface area contributed by atoms with Gasteiger partial charge in [0, 0.05) is 72.3 Å². The fourth-order valence-corrected chi connectivity index (χ4v) is 13.0. The van der Waals surface area contributed by atoms with Crippen LogP contribution in [-0.2, 0) is 23.3 Å². The number of hydrogen-bond acceptors (Lipinski definition) is 4. The van der Waals surface area contributed by atoms with Gasteiger partial charge >= 0.3 is 0 Å². The maximum Gasteiger partial charge on any atom is 0.264 e. The second-order valence-electron chi connectivity index (χ2n) is 23.8. The molecule has 4 heterocycles. The molecule has 2 aliphatic heterocycles. The molecule has 0 amide bonds. The summed E-state index contributed by atoms with van der Waals surface area (Å²) in [4.78, 5) is 7.78. The Labute approximate surface area is 431 Å². The van der Waals surface area contributed by atoms with Gasteiger partial charge in [-0.05, 0) is 155 Å². The van der Waals surface area contributed by atoms with Crippen LogP contribution in [0.3, 0.4) is 0 Å². The topological polar surface area (TPSA) is 14.7 Å². The quantitative estimate of drug-likeness (QED) is 0.160. The highest BCUT2D eigenvalue weighted by molar-refractivity contribution is 7.33. The monoisotopic (exact) mass is 957 g/mol. The van der Waals surface area contributed by atoms with Crippen LogP contribution in [0, 0.1) is 20.8 Å². The van der Waals surface area contributed by atoms with E-state index in [1.54, 1.807) is 0 Å². The minimum atomic E-state index is -0.0775. The van der Waals surface area contributed by atoms with E-state index in [1.165, 1.54) is 109 Å². The molecule has 0 N–H and O–H groups in total. The van der Waals surface area contributed by atoms with Crippen molar-refractivity contribution in [3.05, 3.63) is 191 Å². The lowest BCUT2D eigenvalue weighted by molar-refractivity contribution is 0.590. The van der Waals surface area contributed by atoms with Crippen molar-refractivity contribution in [2.45, 2.75) is 99.3 Å². The highest BCUT2D eigenvalue weighted by atomic mass is 32.1. The van der Waals surface area contributed by atoms with Crippen LogP contribution in [0.5, 0.6) is 0 Å². The van der Waals surface area contributed by atoms with Crippen LogP contribution < -0.4 is 30.4 Å². The molecular weight excluding hydrogens is 892 g/mol. The number of nitrogens with zero attached hydrogens (tertiary/aromatic N) is 4. The van der Waals surface area contributed by atoms with E-state index in [-0.39, 0.29) is 23.0 Å². The first-order chi connectivity index (χ1) is 34.3. The molecule has 0 saturated heterocycles.